The Kier molecular flexibility index (Phi) is 20.1. The molecule has 1 N–H and O–H groups in total. The van der Waals surface area contributed by atoms with Crippen molar-refractivity contribution in [2.45, 2.75) is 128 Å². The molecule has 2 aromatic carbocycles. The molecule has 0 aliphatic heterocycles. The molecule has 220 valence electrons. The van der Waals surface area contributed by atoms with Gasteiger partial charge in [0.2, 0.25) is 0 Å². The molecule has 0 spiro atoms. The second kappa shape index (κ2) is 23.3. The maximum Gasteiger partial charge on any atom is 0.472 e. The van der Waals surface area contributed by atoms with E-state index in [1.165, 1.54) is 101 Å². The molecule has 0 unspecified atom stereocenters. The first-order valence-electron chi connectivity index (χ1n) is 15.9. The van der Waals surface area contributed by atoms with Crippen LogP contribution in [0.1, 0.15) is 127 Å². The Balaban J connectivity index is 1.26. The van der Waals surface area contributed by atoms with E-state index in [-0.39, 0.29) is 0 Å². The van der Waals surface area contributed by atoms with Gasteiger partial charge in [-0.3, -0.25) is 9.05 Å². The van der Waals surface area contributed by atoms with Crippen molar-refractivity contribution in [3.05, 3.63) is 71.8 Å². The highest BCUT2D eigenvalue weighted by atomic mass is 31.2. The summed E-state index contributed by atoms with van der Waals surface area (Å²) in [5, 5.41) is 0. The van der Waals surface area contributed by atoms with E-state index in [0.29, 0.717) is 13.2 Å². The van der Waals surface area contributed by atoms with Crippen LogP contribution in [0.2, 0.25) is 0 Å². The molecule has 0 bridgehead atoms. The van der Waals surface area contributed by atoms with Crippen LogP contribution in [0.4, 0.5) is 0 Å². The summed E-state index contributed by atoms with van der Waals surface area (Å²) in [6, 6.07) is 21.5. The Morgan fingerprint density at radius 2 is 0.718 bits per heavy atom. The van der Waals surface area contributed by atoms with Crippen molar-refractivity contribution in [2.75, 3.05) is 13.2 Å². The molecule has 0 heterocycles. The standard InChI is InChI=1S/C34H55O4P/c35-39(36,37-31-23-13-9-5-1-3-7-11-17-25-33-27-19-15-20-28-33)38-32-24-14-10-6-2-4-8-12-18-26-34-29-21-16-22-30-34/h15-16,19-22,27-30H,1-14,17-18,23-26,31-32H2,(H,35,36). The number of benzene rings is 2. The summed E-state index contributed by atoms with van der Waals surface area (Å²) in [4.78, 5) is 9.86. The Morgan fingerprint density at radius 1 is 0.436 bits per heavy atom. The van der Waals surface area contributed by atoms with Crippen LogP contribution >= 0.6 is 7.82 Å². The minimum atomic E-state index is -3.89. The topological polar surface area (TPSA) is 55.8 Å². The molecule has 0 saturated heterocycles. The predicted octanol–water partition coefficient (Wildman–Crippen LogP) is 10.6. The average Bonchev–Trinajstić information content (AvgIpc) is 2.95. The smallest absolute Gasteiger partial charge is 0.302 e. The molecule has 0 aliphatic carbocycles. The molecule has 0 amide bonds. The molecule has 0 atom stereocenters. The largest absolute Gasteiger partial charge is 0.472 e. The lowest BCUT2D eigenvalue weighted by atomic mass is 10.0. The summed E-state index contributed by atoms with van der Waals surface area (Å²) in [5.41, 5.74) is 2.89. The van der Waals surface area contributed by atoms with Gasteiger partial charge in [-0.15, -0.1) is 0 Å². The molecule has 2 aromatic rings. The van der Waals surface area contributed by atoms with Gasteiger partial charge in [0, 0.05) is 0 Å². The van der Waals surface area contributed by atoms with Gasteiger partial charge in [0.1, 0.15) is 0 Å². The monoisotopic (exact) mass is 558 g/mol. The zero-order chi connectivity index (χ0) is 27.7. The minimum absolute atomic E-state index is 0.304. The van der Waals surface area contributed by atoms with Crippen LogP contribution < -0.4 is 0 Å². The van der Waals surface area contributed by atoms with Crippen molar-refractivity contribution in [2.24, 2.45) is 0 Å². The molecule has 4 nitrogen and oxygen atoms in total. The molecule has 0 fully saturated rings. The summed E-state index contributed by atoms with van der Waals surface area (Å²) >= 11 is 0. The van der Waals surface area contributed by atoms with Gasteiger partial charge >= 0.3 is 7.82 Å². The van der Waals surface area contributed by atoms with E-state index in [9.17, 15) is 9.46 Å². The third kappa shape index (κ3) is 20.1. The minimum Gasteiger partial charge on any atom is -0.302 e. The summed E-state index contributed by atoms with van der Waals surface area (Å²) in [6.07, 6.45) is 23.9. The van der Waals surface area contributed by atoms with Gasteiger partial charge in [-0.2, -0.15) is 0 Å². The molecule has 0 saturated carbocycles. The second-order valence-corrected chi connectivity index (χ2v) is 12.4. The van der Waals surface area contributed by atoms with Gasteiger partial charge in [0.15, 0.2) is 0 Å². The number of phosphoric acid groups is 1. The highest BCUT2D eigenvalue weighted by Crippen LogP contribution is 2.43. The summed E-state index contributed by atoms with van der Waals surface area (Å²) < 4.78 is 22.3. The summed E-state index contributed by atoms with van der Waals surface area (Å²) in [5.74, 6) is 0. The Hall–Kier alpha value is -1.45. The first-order chi connectivity index (χ1) is 19.2. The van der Waals surface area contributed by atoms with Crippen LogP contribution in [-0.2, 0) is 26.5 Å². The SMILES string of the molecule is O=P(O)(OCCCCCCCCCCCc1ccccc1)OCCCCCCCCCCCc1ccccc1. The van der Waals surface area contributed by atoms with Gasteiger partial charge in [0.05, 0.1) is 13.2 Å². The molecule has 2 rings (SSSR count). The zero-order valence-electron chi connectivity index (χ0n) is 24.4. The predicted molar refractivity (Wildman–Crippen MR) is 165 cm³/mol. The fraction of sp³-hybridized carbons (Fsp3) is 0.647. The molecule has 39 heavy (non-hydrogen) atoms. The number of rotatable bonds is 26. The van der Waals surface area contributed by atoms with Crippen LogP contribution in [0.3, 0.4) is 0 Å². The van der Waals surface area contributed by atoms with Crippen LogP contribution in [-0.4, -0.2) is 18.1 Å². The van der Waals surface area contributed by atoms with E-state index in [1.807, 2.05) is 0 Å². The van der Waals surface area contributed by atoms with E-state index in [1.54, 1.807) is 0 Å². The maximum atomic E-state index is 12.0. The van der Waals surface area contributed by atoms with Gasteiger partial charge in [-0.05, 0) is 49.7 Å². The van der Waals surface area contributed by atoms with Gasteiger partial charge in [-0.25, -0.2) is 4.57 Å². The zero-order valence-corrected chi connectivity index (χ0v) is 25.3. The van der Waals surface area contributed by atoms with Crippen molar-refractivity contribution in [1.82, 2.24) is 0 Å². The van der Waals surface area contributed by atoms with Crippen LogP contribution in [0.25, 0.3) is 0 Å². The van der Waals surface area contributed by atoms with E-state index in [0.717, 1.165) is 38.5 Å². The lowest BCUT2D eigenvalue weighted by molar-refractivity contribution is 0.145. The molecule has 0 aromatic heterocycles. The molecule has 5 heteroatoms. The number of hydrogen-bond acceptors (Lipinski definition) is 3. The number of aryl methyl sites for hydroxylation is 2. The number of phosphoric ester groups is 1. The number of unbranched alkanes of at least 4 members (excludes halogenated alkanes) is 16. The first-order valence-corrected chi connectivity index (χ1v) is 17.3. The first kappa shape index (κ1) is 33.8. The maximum absolute atomic E-state index is 12.0. The highest BCUT2D eigenvalue weighted by Gasteiger charge is 2.19. The summed E-state index contributed by atoms with van der Waals surface area (Å²) in [7, 11) is -3.89. The summed E-state index contributed by atoms with van der Waals surface area (Å²) in [6.45, 7) is 0.608. The molecule has 0 aliphatic rings. The van der Waals surface area contributed by atoms with Crippen molar-refractivity contribution in [3.8, 4) is 0 Å². The van der Waals surface area contributed by atoms with Crippen molar-refractivity contribution in [3.63, 3.8) is 0 Å². The van der Waals surface area contributed by atoms with E-state index >= 15 is 0 Å². The van der Waals surface area contributed by atoms with Gasteiger partial charge in [-0.1, -0.05) is 151 Å². The number of hydrogen-bond donors (Lipinski definition) is 1. The Morgan fingerprint density at radius 3 is 1.05 bits per heavy atom. The van der Waals surface area contributed by atoms with Crippen molar-refractivity contribution >= 4 is 7.82 Å². The normalized spacial score (nSPS) is 11.7. The highest BCUT2D eigenvalue weighted by molar-refractivity contribution is 7.47. The third-order valence-electron chi connectivity index (χ3n) is 7.41. The Labute approximate surface area is 239 Å². The lowest BCUT2D eigenvalue weighted by Crippen LogP contribution is -1.99. The Bertz CT molecular complexity index is 775. The quantitative estimate of drug-likeness (QED) is 0.0921. The van der Waals surface area contributed by atoms with Crippen molar-refractivity contribution < 1.29 is 18.5 Å². The van der Waals surface area contributed by atoms with Crippen LogP contribution in [0, 0.1) is 0 Å². The lowest BCUT2D eigenvalue weighted by Gasteiger charge is -2.12. The van der Waals surface area contributed by atoms with Gasteiger partial charge in [0.25, 0.3) is 0 Å². The van der Waals surface area contributed by atoms with E-state index in [2.05, 4.69) is 60.7 Å². The third-order valence-corrected chi connectivity index (χ3v) is 8.43. The van der Waals surface area contributed by atoms with E-state index < -0.39 is 7.82 Å². The molecular weight excluding hydrogens is 503 g/mol. The fourth-order valence-electron chi connectivity index (χ4n) is 5.02. The van der Waals surface area contributed by atoms with Crippen molar-refractivity contribution in [1.29, 1.82) is 0 Å². The fourth-order valence-corrected chi connectivity index (χ4v) is 5.82. The van der Waals surface area contributed by atoms with Crippen LogP contribution in [0.5, 0.6) is 0 Å². The second-order valence-electron chi connectivity index (χ2n) is 11.0. The molecule has 0 radical (unpaired) electrons. The van der Waals surface area contributed by atoms with E-state index in [4.69, 9.17) is 9.05 Å². The average molecular weight is 559 g/mol. The molecular formula is C34H55O4P. The van der Waals surface area contributed by atoms with Gasteiger partial charge < -0.3 is 4.89 Å². The van der Waals surface area contributed by atoms with Crippen LogP contribution in [0.15, 0.2) is 60.7 Å².